The van der Waals surface area contributed by atoms with Crippen molar-refractivity contribution in [2.75, 3.05) is 13.1 Å². The van der Waals surface area contributed by atoms with E-state index >= 15 is 0 Å². The number of hydrogen-bond acceptors (Lipinski definition) is 3. The second-order valence-electron chi connectivity index (χ2n) is 6.54. The normalized spacial score (nSPS) is 20.9. The number of rotatable bonds is 4. The minimum Gasteiger partial charge on any atom is -0.372 e. The van der Waals surface area contributed by atoms with E-state index in [0.717, 1.165) is 16.5 Å². The maximum Gasteiger partial charge on any atom is 0.246 e. The molecule has 1 aromatic carbocycles. The van der Waals surface area contributed by atoms with Crippen LogP contribution in [-0.2, 0) is 16.1 Å². The molecule has 0 saturated carbocycles. The van der Waals surface area contributed by atoms with Gasteiger partial charge in [-0.15, -0.1) is 0 Å². The van der Waals surface area contributed by atoms with Crippen LogP contribution in [0.3, 0.4) is 0 Å². The van der Waals surface area contributed by atoms with Gasteiger partial charge in [-0.25, -0.2) is 0 Å². The van der Waals surface area contributed by atoms with Crippen LogP contribution in [0.5, 0.6) is 0 Å². The average Bonchev–Trinajstić information content (AvgIpc) is 2.95. The van der Waals surface area contributed by atoms with Gasteiger partial charge in [0.05, 0.1) is 24.7 Å². The van der Waals surface area contributed by atoms with Crippen LogP contribution in [-0.4, -0.2) is 40.7 Å². The number of carbonyl (C=O) groups is 1. The molecule has 0 spiro atoms. The van der Waals surface area contributed by atoms with E-state index in [0.29, 0.717) is 26.1 Å². The third-order valence-corrected chi connectivity index (χ3v) is 4.42. The first-order valence-corrected chi connectivity index (χ1v) is 8.65. The van der Waals surface area contributed by atoms with Crippen LogP contribution in [0.1, 0.15) is 25.8 Å². The Labute approximate surface area is 148 Å². The van der Waals surface area contributed by atoms with Crippen LogP contribution in [0.15, 0.2) is 36.5 Å². The first kappa shape index (κ1) is 17.2. The highest BCUT2D eigenvalue weighted by molar-refractivity contribution is 5.96. The van der Waals surface area contributed by atoms with E-state index in [9.17, 15) is 4.79 Å². The van der Waals surface area contributed by atoms with E-state index < -0.39 is 0 Å². The van der Waals surface area contributed by atoms with Crippen molar-refractivity contribution in [1.29, 1.82) is 5.26 Å². The van der Waals surface area contributed by atoms with Gasteiger partial charge < -0.3 is 14.2 Å². The fraction of sp³-hybridized carbons (Fsp3) is 0.400. The largest absolute Gasteiger partial charge is 0.372 e. The van der Waals surface area contributed by atoms with Crippen molar-refractivity contribution in [3.05, 3.63) is 42.1 Å². The highest BCUT2D eigenvalue weighted by Crippen LogP contribution is 2.23. The van der Waals surface area contributed by atoms with Crippen molar-refractivity contribution < 1.29 is 9.53 Å². The Morgan fingerprint density at radius 2 is 2.04 bits per heavy atom. The van der Waals surface area contributed by atoms with E-state index in [1.54, 1.807) is 6.08 Å². The molecule has 1 saturated heterocycles. The molecule has 130 valence electrons. The number of nitrogens with zero attached hydrogens (tertiary/aromatic N) is 3. The molecule has 2 unspecified atom stereocenters. The lowest BCUT2D eigenvalue weighted by Crippen LogP contribution is -2.47. The van der Waals surface area contributed by atoms with E-state index in [4.69, 9.17) is 10.00 Å². The number of nitriles is 1. The van der Waals surface area contributed by atoms with Gasteiger partial charge in [-0.2, -0.15) is 5.26 Å². The Hall–Kier alpha value is -2.58. The number of benzene rings is 1. The van der Waals surface area contributed by atoms with Gasteiger partial charge in [0.25, 0.3) is 0 Å². The lowest BCUT2D eigenvalue weighted by molar-refractivity contribution is -0.137. The number of amides is 1. The third kappa shape index (κ3) is 3.92. The van der Waals surface area contributed by atoms with Crippen molar-refractivity contribution >= 4 is 22.9 Å². The summed E-state index contributed by atoms with van der Waals surface area (Å²) >= 11 is 0. The Balaban J connectivity index is 1.81. The molecule has 0 aliphatic carbocycles. The summed E-state index contributed by atoms with van der Waals surface area (Å²) in [4.78, 5) is 14.3. The molecule has 5 heteroatoms. The maximum absolute atomic E-state index is 12.5. The maximum atomic E-state index is 12.5. The van der Waals surface area contributed by atoms with Gasteiger partial charge in [0.1, 0.15) is 0 Å². The summed E-state index contributed by atoms with van der Waals surface area (Å²) in [6.07, 6.45) is 6.11. The molecule has 3 rings (SSSR count). The second kappa shape index (κ2) is 7.54. The molecular weight excluding hydrogens is 314 g/mol. The Kier molecular flexibility index (Phi) is 5.20. The monoisotopic (exact) mass is 337 g/mol. The standard InChI is InChI=1S/C20H23N3O2/c1-15-12-23(13-16(2)25-15)20(24)9-8-17-14-22(11-5-10-21)19-7-4-3-6-18(17)19/h3-4,6-9,14-16H,5,11-13H2,1-2H3/b9-8+. The van der Waals surface area contributed by atoms with Gasteiger partial charge in [-0.3, -0.25) is 4.79 Å². The molecule has 1 fully saturated rings. The second-order valence-corrected chi connectivity index (χ2v) is 6.54. The minimum atomic E-state index is 0.0101. The minimum absolute atomic E-state index is 0.0101. The number of aryl methyl sites for hydroxylation is 1. The van der Waals surface area contributed by atoms with Crippen molar-refractivity contribution in [2.24, 2.45) is 0 Å². The highest BCUT2D eigenvalue weighted by Gasteiger charge is 2.24. The highest BCUT2D eigenvalue weighted by atomic mass is 16.5. The zero-order valence-corrected chi connectivity index (χ0v) is 14.7. The molecule has 1 aromatic heterocycles. The molecule has 5 nitrogen and oxygen atoms in total. The summed E-state index contributed by atoms with van der Waals surface area (Å²) in [5.74, 6) is 0.0101. The summed E-state index contributed by atoms with van der Waals surface area (Å²) in [5, 5.41) is 9.92. The van der Waals surface area contributed by atoms with E-state index in [2.05, 4.69) is 10.6 Å². The molecule has 1 aliphatic rings. The van der Waals surface area contributed by atoms with Crippen LogP contribution in [0.2, 0.25) is 0 Å². The Bertz CT molecular complexity index is 821. The molecule has 0 bridgehead atoms. The molecule has 25 heavy (non-hydrogen) atoms. The number of aromatic nitrogens is 1. The van der Waals surface area contributed by atoms with Crippen LogP contribution < -0.4 is 0 Å². The fourth-order valence-electron chi connectivity index (χ4n) is 3.39. The van der Waals surface area contributed by atoms with Crippen molar-refractivity contribution in [3.8, 4) is 6.07 Å². The summed E-state index contributed by atoms with van der Waals surface area (Å²) in [6.45, 7) is 5.87. The van der Waals surface area contributed by atoms with Gasteiger partial charge in [-0.05, 0) is 26.0 Å². The summed E-state index contributed by atoms with van der Waals surface area (Å²) < 4.78 is 7.75. The van der Waals surface area contributed by atoms with Crippen LogP contribution in [0, 0.1) is 11.3 Å². The smallest absolute Gasteiger partial charge is 0.246 e. The number of fused-ring (bicyclic) bond motifs is 1. The Morgan fingerprint density at radius 1 is 1.32 bits per heavy atom. The van der Waals surface area contributed by atoms with Crippen molar-refractivity contribution in [1.82, 2.24) is 9.47 Å². The lowest BCUT2D eigenvalue weighted by atomic mass is 10.1. The van der Waals surface area contributed by atoms with Crippen molar-refractivity contribution in [2.45, 2.75) is 39.0 Å². The summed E-state index contributed by atoms with van der Waals surface area (Å²) in [6, 6.07) is 10.2. The van der Waals surface area contributed by atoms with E-state index in [1.807, 2.05) is 55.3 Å². The molecular formula is C20H23N3O2. The SMILES string of the molecule is CC1CN(C(=O)/C=C/c2cn(CCC#N)c3ccccc23)CC(C)O1. The quantitative estimate of drug-likeness (QED) is 0.805. The van der Waals surface area contributed by atoms with Gasteiger partial charge in [0.2, 0.25) is 5.91 Å². The molecule has 2 atom stereocenters. The van der Waals surface area contributed by atoms with Gasteiger partial charge in [-0.1, -0.05) is 18.2 Å². The average molecular weight is 337 g/mol. The lowest BCUT2D eigenvalue weighted by Gasteiger charge is -2.34. The zero-order valence-electron chi connectivity index (χ0n) is 14.7. The number of ether oxygens (including phenoxy) is 1. The van der Waals surface area contributed by atoms with Gasteiger partial charge >= 0.3 is 0 Å². The third-order valence-electron chi connectivity index (χ3n) is 4.42. The van der Waals surface area contributed by atoms with Crippen LogP contribution in [0.25, 0.3) is 17.0 Å². The number of hydrogen-bond donors (Lipinski definition) is 0. The molecule has 0 N–H and O–H groups in total. The fourth-order valence-corrected chi connectivity index (χ4v) is 3.39. The first-order chi connectivity index (χ1) is 12.1. The zero-order chi connectivity index (χ0) is 17.8. The van der Waals surface area contributed by atoms with Gasteiger partial charge in [0.15, 0.2) is 0 Å². The van der Waals surface area contributed by atoms with Crippen molar-refractivity contribution in [3.63, 3.8) is 0 Å². The molecule has 1 amide bonds. The Morgan fingerprint density at radius 3 is 2.76 bits per heavy atom. The number of carbonyl (C=O) groups excluding carboxylic acids is 1. The van der Waals surface area contributed by atoms with Gasteiger partial charge in [0, 0.05) is 48.4 Å². The van der Waals surface area contributed by atoms with E-state index in [1.165, 1.54) is 0 Å². The van der Waals surface area contributed by atoms with Crippen LogP contribution in [0.4, 0.5) is 0 Å². The molecule has 1 aliphatic heterocycles. The molecule has 2 aromatic rings. The predicted molar refractivity (Wildman–Crippen MR) is 97.8 cm³/mol. The molecule has 2 heterocycles. The van der Waals surface area contributed by atoms with Crippen LogP contribution >= 0.6 is 0 Å². The topological polar surface area (TPSA) is 58.3 Å². The molecule has 0 radical (unpaired) electrons. The predicted octanol–water partition coefficient (Wildman–Crippen LogP) is 3.20. The van der Waals surface area contributed by atoms with E-state index in [-0.39, 0.29) is 18.1 Å². The first-order valence-electron chi connectivity index (χ1n) is 8.65. The number of morpholine rings is 1. The summed E-state index contributed by atoms with van der Waals surface area (Å²) in [7, 11) is 0. The number of para-hydroxylation sites is 1. The summed E-state index contributed by atoms with van der Waals surface area (Å²) in [5.41, 5.74) is 2.08.